The number of guanidine groups is 1. The zero-order valence-corrected chi connectivity index (χ0v) is 16.4. The molecule has 21 heavy (non-hydrogen) atoms. The van der Waals surface area contributed by atoms with Gasteiger partial charge in [0.1, 0.15) is 0 Å². The smallest absolute Gasteiger partial charge is 0.191 e. The quantitative estimate of drug-likeness (QED) is 0.389. The average Bonchev–Trinajstić information content (AvgIpc) is 3.28. The van der Waals surface area contributed by atoms with E-state index in [-0.39, 0.29) is 24.0 Å². The fourth-order valence-electron chi connectivity index (χ4n) is 2.78. The highest BCUT2D eigenvalue weighted by Gasteiger charge is 2.26. The summed E-state index contributed by atoms with van der Waals surface area (Å²) in [5.41, 5.74) is 0. The number of aliphatic imine (C=N–C) groups is 1. The summed E-state index contributed by atoms with van der Waals surface area (Å²) in [6.45, 7) is 5.97. The Balaban J connectivity index is 0.00000220. The number of nitrogens with one attached hydrogen (secondary N) is 2. The van der Waals surface area contributed by atoms with Gasteiger partial charge in [-0.3, -0.25) is 9.20 Å². The van der Waals surface area contributed by atoms with Gasteiger partial charge in [0, 0.05) is 40.9 Å². The second kappa shape index (κ2) is 10.0. The van der Waals surface area contributed by atoms with Gasteiger partial charge in [0.2, 0.25) is 0 Å². The maximum Gasteiger partial charge on any atom is 0.191 e. The zero-order chi connectivity index (χ0) is 14.4. The van der Waals surface area contributed by atoms with Gasteiger partial charge in [0.15, 0.2) is 5.96 Å². The van der Waals surface area contributed by atoms with E-state index in [1.54, 1.807) is 0 Å². The lowest BCUT2D eigenvalue weighted by molar-refractivity contribution is 0.413. The highest BCUT2D eigenvalue weighted by atomic mass is 127. The molecule has 0 spiro atoms. The molecule has 4 nitrogen and oxygen atoms in total. The number of halogens is 1. The van der Waals surface area contributed by atoms with Crippen molar-refractivity contribution in [2.24, 2.45) is 10.9 Å². The molecular weight excluding hydrogens is 397 g/mol. The Morgan fingerprint density at radius 3 is 2.62 bits per heavy atom. The molecule has 0 bridgehead atoms. The van der Waals surface area contributed by atoms with Gasteiger partial charge in [-0.05, 0) is 44.9 Å². The Kier molecular flexibility index (Phi) is 9.16. The van der Waals surface area contributed by atoms with Gasteiger partial charge in [-0.1, -0.05) is 13.3 Å². The molecule has 0 aromatic carbocycles. The van der Waals surface area contributed by atoms with E-state index in [9.17, 15) is 4.21 Å². The third-order valence-corrected chi connectivity index (χ3v) is 5.91. The van der Waals surface area contributed by atoms with Gasteiger partial charge < -0.3 is 10.6 Å². The minimum Gasteiger partial charge on any atom is -0.357 e. The van der Waals surface area contributed by atoms with Gasteiger partial charge in [-0.15, -0.1) is 24.0 Å². The van der Waals surface area contributed by atoms with Crippen LogP contribution in [0.5, 0.6) is 0 Å². The first kappa shape index (κ1) is 19.2. The lowest BCUT2D eigenvalue weighted by Crippen LogP contribution is -2.46. The van der Waals surface area contributed by atoms with Crippen LogP contribution in [-0.4, -0.2) is 40.3 Å². The minimum atomic E-state index is -0.654. The van der Waals surface area contributed by atoms with Crippen molar-refractivity contribution in [1.82, 2.24) is 10.6 Å². The fraction of sp³-hybridized carbons (Fsp3) is 0.933. The standard InChI is InChI=1S/C15H29N3OS.HI/c1-3-16-15(17-11-12-8-9-12)18-13-6-5-7-14(10-13)20(19)4-2;/h12-14H,3-11H2,1-2H3,(H2,16,17,18);1H. The second-order valence-electron chi connectivity index (χ2n) is 5.96. The van der Waals surface area contributed by atoms with Crippen LogP contribution < -0.4 is 10.6 Å². The molecule has 2 N–H and O–H groups in total. The SMILES string of the molecule is CCNC(=NCC1CC1)NC1CCCC(S(=O)CC)C1.I. The Morgan fingerprint density at radius 2 is 2.00 bits per heavy atom. The molecule has 0 amide bonds. The van der Waals surface area contributed by atoms with Crippen LogP contribution in [0.25, 0.3) is 0 Å². The van der Waals surface area contributed by atoms with Crippen LogP contribution in [0, 0.1) is 5.92 Å². The number of rotatable bonds is 6. The second-order valence-corrected chi connectivity index (χ2v) is 7.97. The Morgan fingerprint density at radius 1 is 1.24 bits per heavy atom. The normalized spacial score (nSPS) is 27.6. The Bertz CT molecular complexity index is 361. The topological polar surface area (TPSA) is 53.5 Å². The van der Waals surface area contributed by atoms with Crippen molar-refractivity contribution >= 4 is 40.7 Å². The van der Waals surface area contributed by atoms with Crippen molar-refractivity contribution in [3.05, 3.63) is 0 Å². The van der Waals surface area contributed by atoms with E-state index in [4.69, 9.17) is 0 Å². The summed E-state index contributed by atoms with van der Waals surface area (Å²) in [7, 11) is -0.654. The molecule has 2 aliphatic carbocycles. The predicted octanol–water partition coefficient (Wildman–Crippen LogP) is 2.65. The van der Waals surface area contributed by atoms with Crippen molar-refractivity contribution in [3.63, 3.8) is 0 Å². The molecule has 3 atom stereocenters. The molecule has 2 saturated carbocycles. The minimum absolute atomic E-state index is 0. The largest absolute Gasteiger partial charge is 0.357 e. The number of hydrogen-bond acceptors (Lipinski definition) is 2. The van der Waals surface area contributed by atoms with Crippen LogP contribution in [-0.2, 0) is 10.8 Å². The fourth-order valence-corrected chi connectivity index (χ4v) is 4.13. The Hall–Kier alpha value is 0.150. The van der Waals surface area contributed by atoms with Crippen LogP contribution >= 0.6 is 24.0 Å². The molecule has 2 aliphatic rings. The summed E-state index contributed by atoms with van der Waals surface area (Å²) in [5.74, 6) is 2.55. The molecule has 2 fully saturated rings. The van der Waals surface area contributed by atoms with Crippen molar-refractivity contribution < 1.29 is 4.21 Å². The molecule has 6 heteroatoms. The van der Waals surface area contributed by atoms with Crippen molar-refractivity contribution in [2.45, 2.75) is 63.7 Å². The van der Waals surface area contributed by atoms with E-state index in [2.05, 4.69) is 22.5 Å². The summed E-state index contributed by atoms with van der Waals surface area (Å²) in [6.07, 6.45) is 7.16. The van der Waals surface area contributed by atoms with Crippen LogP contribution in [0.4, 0.5) is 0 Å². The van der Waals surface area contributed by atoms with E-state index in [0.717, 1.165) is 43.6 Å². The predicted molar refractivity (Wildman–Crippen MR) is 102 cm³/mol. The van der Waals surface area contributed by atoms with E-state index >= 15 is 0 Å². The molecule has 0 aromatic heterocycles. The first-order chi connectivity index (χ1) is 9.72. The maximum atomic E-state index is 12.0. The summed E-state index contributed by atoms with van der Waals surface area (Å²) < 4.78 is 12.0. The van der Waals surface area contributed by atoms with Gasteiger partial charge in [0.25, 0.3) is 0 Å². The molecule has 0 heterocycles. The monoisotopic (exact) mass is 427 g/mol. The van der Waals surface area contributed by atoms with Crippen LogP contribution in [0.15, 0.2) is 4.99 Å². The van der Waals surface area contributed by atoms with E-state index < -0.39 is 10.8 Å². The molecule has 2 rings (SSSR count). The van der Waals surface area contributed by atoms with Crippen LogP contribution in [0.1, 0.15) is 52.4 Å². The molecule has 124 valence electrons. The third kappa shape index (κ3) is 6.84. The Labute approximate surface area is 148 Å². The van der Waals surface area contributed by atoms with E-state index in [1.165, 1.54) is 25.7 Å². The van der Waals surface area contributed by atoms with Gasteiger partial charge in [-0.25, -0.2) is 0 Å². The highest BCUT2D eigenvalue weighted by Crippen LogP contribution is 2.28. The molecular formula is C15H30IN3OS. The molecule has 0 radical (unpaired) electrons. The summed E-state index contributed by atoms with van der Waals surface area (Å²) in [5, 5.41) is 7.26. The van der Waals surface area contributed by atoms with E-state index in [1.807, 2.05) is 6.92 Å². The van der Waals surface area contributed by atoms with Crippen LogP contribution in [0.3, 0.4) is 0 Å². The summed E-state index contributed by atoms with van der Waals surface area (Å²) >= 11 is 0. The van der Waals surface area contributed by atoms with Gasteiger partial charge in [0.05, 0.1) is 0 Å². The maximum absolute atomic E-state index is 12.0. The lowest BCUT2D eigenvalue weighted by Gasteiger charge is -2.30. The van der Waals surface area contributed by atoms with Crippen LogP contribution in [0.2, 0.25) is 0 Å². The lowest BCUT2D eigenvalue weighted by atomic mass is 9.95. The number of nitrogens with zero attached hydrogens (tertiary/aromatic N) is 1. The highest BCUT2D eigenvalue weighted by molar-refractivity contribution is 14.0. The summed E-state index contributed by atoms with van der Waals surface area (Å²) in [6, 6.07) is 0.432. The first-order valence-electron chi connectivity index (χ1n) is 8.15. The first-order valence-corrected chi connectivity index (χ1v) is 9.53. The zero-order valence-electron chi connectivity index (χ0n) is 13.3. The van der Waals surface area contributed by atoms with Crippen molar-refractivity contribution in [2.75, 3.05) is 18.8 Å². The number of hydrogen-bond donors (Lipinski definition) is 2. The van der Waals surface area contributed by atoms with Gasteiger partial charge >= 0.3 is 0 Å². The molecule has 3 unspecified atom stereocenters. The molecule has 0 saturated heterocycles. The molecule has 0 aromatic rings. The molecule has 0 aliphatic heterocycles. The summed E-state index contributed by atoms with van der Waals surface area (Å²) in [4.78, 5) is 4.68. The average molecular weight is 427 g/mol. The van der Waals surface area contributed by atoms with E-state index in [0.29, 0.717) is 11.3 Å². The van der Waals surface area contributed by atoms with Crippen molar-refractivity contribution in [1.29, 1.82) is 0 Å². The van der Waals surface area contributed by atoms with Crippen molar-refractivity contribution in [3.8, 4) is 0 Å². The third-order valence-electron chi connectivity index (χ3n) is 4.17. The van der Waals surface area contributed by atoms with Gasteiger partial charge in [-0.2, -0.15) is 0 Å².